The highest BCUT2D eigenvalue weighted by Crippen LogP contribution is 2.26. The second kappa shape index (κ2) is 5.76. The fourth-order valence-electron chi connectivity index (χ4n) is 1.39. The maximum absolute atomic E-state index is 10.9. The lowest BCUT2D eigenvalue weighted by molar-refractivity contribution is -0.384. The van der Waals surface area contributed by atoms with Crippen molar-refractivity contribution >= 4 is 23.6 Å². The molecule has 7 nitrogen and oxygen atoms in total. The Morgan fingerprint density at radius 3 is 2.89 bits per heavy atom. The standard InChI is InChI=1S/C11H13N3O4/c1-7-8(4-3-5-9(15)18-2)6-13-11(12)10(7)14(16)17/h3-4,6H,5H2,1-2H3,(H2,12,13). The van der Waals surface area contributed by atoms with E-state index in [4.69, 9.17) is 5.73 Å². The summed E-state index contributed by atoms with van der Waals surface area (Å²) in [5, 5.41) is 10.8. The van der Waals surface area contributed by atoms with Crippen LogP contribution in [0.2, 0.25) is 0 Å². The average Bonchev–Trinajstić information content (AvgIpc) is 2.31. The van der Waals surface area contributed by atoms with Crippen LogP contribution in [0.4, 0.5) is 11.5 Å². The zero-order valence-electron chi connectivity index (χ0n) is 10.0. The van der Waals surface area contributed by atoms with Gasteiger partial charge in [-0.2, -0.15) is 0 Å². The van der Waals surface area contributed by atoms with Gasteiger partial charge in [0.1, 0.15) is 0 Å². The van der Waals surface area contributed by atoms with E-state index in [0.717, 1.165) is 0 Å². The van der Waals surface area contributed by atoms with E-state index >= 15 is 0 Å². The fraction of sp³-hybridized carbons (Fsp3) is 0.273. The Bertz CT molecular complexity index is 511. The lowest BCUT2D eigenvalue weighted by Gasteiger charge is -2.03. The summed E-state index contributed by atoms with van der Waals surface area (Å²) in [6.45, 7) is 1.58. The molecule has 18 heavy (non-hydrogen) atoms. The first-order valence-electron chi connectivity index (χ1n) is 5.10. The van der Waals surface area contributed by atoms with Crippen LogP contribution in [0.25, 0.3) is 6.08 Å². The topological polar surface area (TPSA) is 108 Å². The number of nitrogens with two attached hydrogens (primary N) is 1. The maximum Gasteiger partial charge on any atom is 0.314 e. The van der Waals surface area contributed by atoms with Crippen molar-refractivity contribution in [3.05, 3.63) is 33.5 Å². The number of ether oxygens (including phenoxy) is 1. The summed E-state index contributed by atoms with van der Waals surface area (Å²) < 4.78 is 4.47. The minimum absolute atomic E-state index is 0.0914. The Morgan fingerprint density at radius 1 is 1.67 bits per heavy atom. The minimum atomic E-state index is -0.574. The van der Waals surface area contributed by atoms with Crippen LogP contribution in [0.1, 0.15) is 17.5 Å². The van der Waals surface area contributed by atoms with Gasteiger partial charge in [-0.25, -0.2) is 4.98 Å². The molecule has 0 aromatic carbocycles. The van der Waals surface area contributed by atoms with Crippen LogP contribution >= 0.6 is 0 Å². The molecule has 0 aliphatic carbocycles. The zero-order chi connectivity index (χ0) is 13.7. The molecule has 0 saturated heterocycles. The number of nitro groups is 1. The van der Waals surface area contributed by atoms with E-state index in [2.05, 4.69) is 9.72 Å². The number of hydrogen-bond acceptors (Lipinski definition) is 6. The molecule has 0 aliphatic rings. The van der Waals surface area contributed by atoms with Crippen molar-refractivity contribution in [1.29, 1.82) is 0 Å². The molecule has 0 saturated carbocycles. The quantitative estimate of drug-likeness (QED) is 0.493. The van der Waals surface area contributed by atoms with Crippen LogP contribution in [0, 0.1) is 17.0 Å². The number of pyridine rings is 1. The van der Waals surface area contributed by atoms with Crippen molar-refractivity contribution in [2.75, 3.05) is 12.8 Å². The van der Waals surface area contributed by atoms with Crippen molar-refractivity contribution < 1.29 is 14.5 Å². The first kappa shape index (κ1) is 13.6. The molecule has 0 aliphatic heterocycles. The Hall–Kier alpha value is -2.44. The minimum Gasteiger partial charge on any atom is -0.469 e. The van der Waals surface area contributed by atoms with Crippen molar-refractivity contribution in [2.45, 2.75) is 13.3 Å². The lowest BCUT2D eigenvalue weighted by atomic mass is 10.1. The van der Waals surface area contributed by atoms with Gasteiger partial charge in [-0.15, -0.1) is 0 Å². The van der Waals surface area contributed by atoms with Gasteiger partial charge in [0, 0.05) is 17.3 Å². The summed E-state index contributed by atoms with van der Waals surface area (Å²) >= 11 is 0. The molecule has 7 heteroatoms. The molecular formula is C11H13N3O4. The molecule has 1 aromatic rings. The van der Waals surface area contributed by atoms with Gasteiger partial charge in [0.25, 0.3) is 0 Å². The monoisotopic (exact) mass is 251 g/mol. The van der Waals surface area contributed by atoms with Crippen LogP contribution < -0.4 is 5.73 Å². The molecule has 0 amide bonds. The number of rotatable bonds is 4. The lowest BCUT2D eigenvalue weighted by Crippen LogP contribution is -2.02. The van der Waals surface area contributed by atoms with Crippen LogP contribution in [-0.2, 0) is 9.53 Å². The van der Waals surface area contributed by atoms with Gasteiger partial charge < -0.3 is 10.5 Å². The highest BCUT2D eigenvalue weighted by Gasteiger charge is 2.18. The van der Waals surface area contributed by atoms with Crippen LogP contribution in [0.3, 0.4) is 0 Å². The largest absolute Gasteiger partial charge is 0.469 e. The second-order valence-corrected chi connectivity index (χ2v) is 3.51. The smallest absolute Gasteiger partial charge is 0.314 e. The van der Waals surface area contributed by atoms with Crippen LogP contribution in [0.15, 0.2) is 12.3 Å². The molecule has 96 valence electrons. The zero-order valence-corrected chi connectivity index (χ0v) is 10.0. The molecule has 0 spiro atoms. The molecule has 2 N–H and O–H groups in total. The summed E-state index contributed by atoms with van der Waals surface area (Å²) in [4.78, 5) is 24.9. The van der Waals surface area contributed by atoms with Crippen LogP contribution in [-0.4, -0.2) is 23.0 Å². The number of esters is 1. The number of nitrogens with zero attached hydrogens (tertiary/aromatic N) is 2. The number of nitrogen functional groups attached to an aromatic ring is 1. The van der Waals surface area contributed by atoms with Gasteiger partial charge in [0.15, 0.2) is 0 Å². The molecule has 0 radical (unpaired) electrons. The van der Waals surface area contributed by atoms with Crippen molar-refractivity contribution in [1.82, 2.24) is 4.98 Å². The van der Waals surface area contributed by atoms with E-state index in [1.165, 1.54) is 13.3 Å². The number of carbonyl (C=O) groups is 1. The van der Waals surface area contributed by atoms with E-state index in [1.807, 2.05) is 0 Å². The average molecular weight is 251 g/mol. The van der Waals surface area contributed by atoms with Gasteiger partial charge in [0.05, 0.1) is 18.5 Å². The van der Waals surface area contributed by atoms with Gasteiger partial charge >= 0.3 is 11.7 Å². The maximum atomic E-state index is 10.9. The Morgan fingerprint density at radius 2 is 2.33 bits per heavy atom. The van der Waals surface area contributed by atoms with E-state index in [9.17, 15) is 14.9 Å². The number of anilines is 1. The van der Waals surface area contributed by atoms with E-state index < -0.39 is 4.92 Å². The summed E-state index contributed by atoms with van der Waals surface area (Å²) in [5.41, 5.74) is 6.18. The highest BCUT2D eigenvalue weighted by atomic mass is 16.6. The third kappa shape index (κ3) is 3.03. The van der Waals surface area contributed by atoms with Gasteiger partial charge in [-0.1, -0.05) is 12.2 Å². The van der Waals surface area contributed by atoms with E-state index in [0.29, 0.717) is 11.1 Å². The van der Waals surface area contributed by atoms with E-state index in [1.54, 1.807) is 19.1 Å². The number of aromatic nitrogens is 1. The molecule has 0 fully saturated rings. The molecule has 0 unspecified atom stereocenters. The SMILES string of the molecule is COC(=O)CC=Cc1cnc(N)c([N+](=O)[O-])c1C. The third-order valence-corrected chi connectivity index (χ3v) is 2.37. The number of hydrogen-bond donors (Lipinski definition) is 1. The predicted molar refractivity (Wildman–Crippen MR) is 65.7 cm³/mol. The molecule has 0 atom stereocenters. The van der Waals surface area contributed by atoms with Gasteiger partial charge in [-0.05, 0) is 6.92 Å². The van der Waals surface area contributed by atoms with Crippen LogP contribution in [0.5, 0.6) is 0 Å². The molecule has 1 rings (SSSR count). The summed E-state index contributed by atoms with van der Waals surface area (Å²) in [7, 11) is 1.29. The van der Waals surface area contributed by atoms with Crippen molar-refractivity contribution in [3.8, 4) is 0 Å². The van der Waals surface area contributed by atoms with E-state index in [-0.39, 0.29) is 23.9 Å². The first-order valence-corrected chi connectivity index (χ1v) is 5.10. The third-order valence-electron chi connectivity index (χ3n) is 2.37. The summed E-state index contributed by atoms with van der Waals surface area (Å²) in [6.07, 6.45) is 4.64. The Kier molecular flexibility index (Phi) is 4.36. The molecule has 1 heterocycles. The first-order chi connectivity index (χ1) is 8.47. The normalized spacial score (nSPS) is 10.6. The molecule has 0 bridgehead atoms. The predicted octanol–water partition coefficient (Wildman–Crippen LogP) is 1.46. The van der Waals surface area contributed by atoms with Crippen molar-refractivity contribution in [3.63, 3.8) is 0 Å². The van der Waals surface area contributed by atoms with Crippen molar-refractivity contribution in [2.24, 2.45) is 0 Å². The number of carbonyl (C=O) groups excluding carboxylic acids is 1. The molecule has 1 aromatic heterocycles. The highest BCUT2D eigenvalue weighted by molar-refractivity contribution is 5.73. The summed E-state index contributed by atoms with van der Waals surface area (Å²) in [5.74, 6) is -0.510. The Labute approximate surface area is 103 Å². The number of methoxy groups -OCH3 is 1. The Balaban J connectivity index is 3.01. The summed E-state index contributed by atoms with van der Waals surface area (Å²) in [6, 6.07) is 0. The van der Waals surface area contributed by atoms with Gasteiger partial charge in [-0.3, -0.25) is 14.9 Å². The van der Waals surface area contributed by atoms with Gasteiger partial charge in [0.2, 0.25) is 5.82 Å². The fourth-order valence-corrected chi connectivity index (χ4v) is 1.39. The second-order valence-electron chi connectivity index (χ2n) is 3.51. The molecular weight excluding hydrogens is 238 g/mol.